The highest BCUT2D eigenvalue weighted by molar-refractivity contribution is 14.1. The Labute approximate surface area is 147 Å². The number of aryl methyl sites for hydroxylation is 2. The van der Waals surface area contributed by atoms with Crippen LogP contribution in [0, 0.1) is 0 Å². The van der Waals surface area contributed by atoms with Gasteiger partial charge in [-0.15, -0.1) is 5.10 Å². The molecule has 0 atom stereocenters. The Morgan fingerprint density at radius 1 is 1.35 bits per heavy atom. The molecule has 0 radical (unpaired) electrons. The van der Waals surface area contributed by atoms with Crippen LogP contribution in [0.2, 0.25) is 0 Å². The number of fused-ring (bicyclic) bond motifs is 1. The molecular weight excluding hydrogens is 409 g/mol. The summed E-state index contributed by atoms with van der Waals surface area (Å²) in [5.41, 5.74) is 3.53. The lowest BCUT2D eigenvalue weighted by Gasteiger charge is -2.04. The quantitative estimate of drug-likeness (QED) is 0.401. The number of esters is 1. The summed E-state index contributed by atoms with van der Waals surface area (Å²) < 4.78 is 7.52. The van der Waals surface area contributed by atoms with E-state index in [0.29, 0.717) is 6.54 Å². The first-order chi connectivity index (χ1) is 11.2. The number of nitrogens with zero attached hydrogens (tertiary/aromatic N) is 5. The van der Waals surface area contributed by atoms with Crippen molar-refractivity contribution in [1.82, 2.24) is 25.2 Å². The molecule has 0 amide bonds. The fourth-order valence-corrected chi connectivity index (χ4v) is 3.11. The molecule has 0 saturated carbocycles. The van der Waals surface area contributed by atoms with E-state index in [-0.39, 0.29) is 5.69 Å². The van der Waals surface area contributed by atoms with Crippen molar-refractivity contribution in [2.24, 2.45) is 0 Å². The normalized spacial score (nSPS) is 12.9. The summed E-state index contributed by atoms with van der Waals surface area (Å²) in [7, 11) is 1.33. The van der Waals surface area contributed by atoms with Crippen molar-refractivity contribution in [2.45, 2.75) is 32.2 Å². The molecule has 7 nitrogen and oxygen atoms in total. The third-order valence-corrected chi connectivity index (χ3v) is 4.68. The van der Waals surface area contributed by atoms with Gasteiger partial charge in [0, 0.05) is 22.1 Å². The molecule has 0 N–H and O–H groups in total. The number of methoxy groups -OCH3 is 1. The van der Waals surface area contributed by atoms with Crippen LogP contribution in [-0.2, 0) is 24.1 Å². The third-order valence-electron chi connectivity index (χ3n) is 3.66. The highest BCUT2D eigenvalue weighted by Crippen LogP contribution is 2.30. The van der Waals surface area contributed by atoms with E-state index in [9.17, 15) is 4.79 Å². The van der Waals surface area contributed by atoms with E-state index in [0.717, 1.165) is 37.1 Å². The highest BCUT2D eigenvalue weighted by atomic mass is 127. The van der Waals surface area contributed by atoms with Crippen molar-refractivity contribution in [3.05, 3.63) is 41.0 Å². The lowest BCUT2D eigenvalue weighted by atomic mass is 10.1. The Kier molecular flexibility index (Phi) is 4.99. The number of halogens is 1. The first-order valence-electron chi connectivity index (χ1n) is 7.37. The first-order valence-corrected chi connectivity index (χ1v) is 8.45. The third kappa shape index (κ3) is 3.74. The molecule has 0 spiro atoms. The molecule has 2 aromatic heterocycles. The fraction of sp³-hybridized carbons (Fsp3) is 0.400. The summed E-state index contributed by atoms with van der Waals surface area (Å²) in [5, 5.41) is 16.3. The molecule has 1 aliphatic carbocycles. The van der Waals surface area contributed by atoms with Crippen LogP contribution in [0.1, 0.15) is 40.3 Å². The molecule has 1 aliphatic rings. The summed E-state index contributed by atoms with van der Waals surface area (Å²) in [4.78, 5) is 11.3. The van der Waals surface area contributed by atoms with E-state index in [2.05, 4.69) is 60.0 Å². The van der Waals surface area contributed by atoms with Gasteiger partial charge < -0.3 is 4.74 Å². The average Bonchev–Trinajstić information content (AvgIpc) is 3.18. The number of hydrogen-bond donors (Lipinski definition) is 0. The van der Waals surface area contributed by atoms with Crippen LogP contribution < -0.4 is 0 Å². The largest absolute Gasteiger partial charge is 0.464 e. The minimum Gasteiger partial charge on any atom is -0.464 e. The van der Waals surface area contributed by atoms with Crippen LogP contribution in [0.15, 0.2) is 18.3 Å². The zero-order valence-electron chi connectivity index (χ0n) is 12.7. The smallest absolute Gasteiger partial charge is 0.360 e. The van der Waals surface area contributed by atoms with Crippen LogP contribution in [0.5, 0.6) is 0 Å². The summed E-state index contributed by atoms with van der Waals surface area (Å²) >= 11 is 2.34. The van der Waals surface area contributed by atoms with E-state index in [1.54, 1.807) is 10.9 Å². The molecule has 23 heavy (non-hydrogen) atoms. The predicted octanol–water partition coefficient (Wildman–Crippen LogP) is 2.21. The number of rotatable bonds is 6. The molecule has 0 aromatic carbocycles. The second-order valence-corrected chi connectivity index (χ2v) is 6.43. The molecule has 0 unspecified atom stereocenters. The SMILES string of the molecule is COC(=O)c1cn(CCCCc2cc3c(nn2)CC=C3I)nn1. The molecule has 0 fully saturated rings. The van der Waals surface area contributed by atoms with Gasteiger partial charge in [0.05, 0.1) is 24.7 Å². The van der Waals surface area contributed by atoms with Gasteiger partial charge in [0.1, 0.15) is 0 Å². The van der Waals surface area contributed by atoms with E-state index in [1.165, 1.54) is 16.3 Å². The topological polar surface area (TPSA) is 82.8 Å². The summed E-state index contributed by atoms with van der Waals surface area (Å²) in [6.45, 7) is 0.708. The lowest BCUT2D eigenvalue weighted by molar-refractivity contribution is 0.0594. The number of allylic oxidation sites excluding steroid dienone is 1. The highest BCUT2D eigenvalue weighted by Gasteiger charge is 2.14. The van der Waals surface area contributed by atoms with E-state index in [4.69, 9.17) is 0 Å². The number of hydrogen-bond acceptors (Lipinski definition) is 6. The Bertz CT molecular complexity index is 756. The second-order valence-electron chi connectivity index (χ2n) is 5.27. The molecule has 3 rings (SSSR count). The monoisotopic (exact) mass is 425 g/mol. The first kappa shape index (κ1) is 16.0. The van der Waals surface area contributed by atoms with E-state index < -0.39 is 5.97 Å². The van der Waals surface area contributed by atoms with Crippen molar-refractivity contribution >= 4 is 32.1 Å². The van der Waals surface area contributed by atoms with Gasteiger partial charge in [-0.25, -0.2) is 4.79 Å². The lowest BCUT2D eigenvalue weighted by Crippen LogP contribution is -2.02. The van der Waals surface area contributed by atoms with Crippen molar-refractivity contribution in [3.63, 3.8) is 0 Å². The standard InChI is InChI=1S/C15H16IN5O2/c1-23-15(22)14-9-21(20-19-14)7-3-2-4-10-8-11-12(16)5-6-13(11)18-17-10/h5,8-9H,2-4,6-7H2,1H3. The van der Waals surface area contributed by atoms with Crippen LogP contribution in [0.3, 0.4) is 0 Å². The molecule has 2 aromatic rings. The maximum Gasteiger partial charge on any atom is 0.360 e. The fourth-order valence-electron chi connectivity index (χ4n) is 2.42. The Morgan fingerprint density at radius 3 is 3.04 bits per heavy atom. The molecule has 2 heterocycles. The zero-order chi connectivity index (χ0) is 16.2. The minimum atomic E-state index is -0.465. The molecular formula is C15H16IN5O2. The maximum absolute atomic E-state index is 11.3. The Morgan fingerprint density at radius 2 is 2.22 bits per heavy atom. The summed E-state index contributed by atoms with van der Waals surface area (Å²) in [5.74, 6) is -0.465. The van der Waals surface area contributed by atoms with Gasteiger partial charge in [-0.2, -0.15) is 10.2 Å². The molecule has 0 aliphatic heterocycles. The van der Waals surface area contributed by atoms with Crippen molar-refractivity contribution in [3.8, 4) is 0 Å². The second kappa shape index (κ2) is 7.16. The van der Waals surface area contributed by atoms with E-state index >= 15 is 0 Å². The summed E-state index contributed by atoms with van der Waals surface area (Å²) in [6, 6.07) is 2.14. The Hall–Kier alpha value is -1.84. The predicted molar refractivity (Wildman–Crippen MR) is 92.0 cm³/mol. The molecule has 120 valence electrons. The molecule has 8 heteroatoms. The maximum atomic E-state index is 11.3. The van der Waals surface area contributed by atoms with Gasteiger partial charge in [-0.05, 0) is 47.9 Å². The van der Waals surface area contributed by atoms with Gasteiger partial charge in [-0.3, -0.25) is 4.68 Å². The van der Waals surface area contributed by atoms with Crippen molar-refractivity contribution in [2.75, 3.05) is 7.11 Å². The number of carbonyl (C=O) groups is 1. The zero-order valence-corrected chi connectivity index (χ0v) is 14.9. The van der Waals surface area contributed by atoms with Gasteiger partial charge in [0.2, 0.25) is 0 Å². The molecule has 0 bridgehead atoms. The Balaban J connectivity index is 1.49. The van der Waals surface area contributed by atoms with Crippen LogP contribution in [0.25, 0.3) is 3.58 Å². The average molecular weight is 425 g/mol. The van der Waals surface area contributed by atoms with Gasteiger partial charge in [0.25, 0.3) is 0 Å². The van der Waals surface area contributed by atoms with Gasteiger partial charge >= 0.3 is 5.97 Å². The van der Waals surface area contributed by atoms with Gasteiger partial charge in [-0.1, -0.05) is 11.3 Å². The minimum absolute atomic E-state index is 0.235. The van der Waals surface area contributed by atoms with Crippen LogP contribution in [-0.4, -0.2) is 38.3 Å². The van der Waals surface area contributed by atoms with E-state index in [1.807, 2.05) is 0 Å². The molecule has 0 saturated heterocycles. The van der Waals surface area contributed by atoms with Gasteiger partial charge in [0.15, 0.2) is 5.69 Å². The van der Waals surface area contributed by atoms with Crippen LogP contribution in [0.4, 0.5) is 0 Å². The number of ether oxygens (including phenoxy) is 1. The number of carbonyl (C=O) groups excluding carboxylic acids is 1. The van der Waals surface area contributed by atoms with Crippen LogP contribution >= 0.6 is 22.6 Å². The summed E-state index contributed by atoms with van der Waals surface area (Å²) in [6.07, 6.45) is 7.44. The number of unbranched alkanes of at least 4 members (excludes halogenated alkanes) is 1. The number of aromatic nitrogens is 5. The van der Waals surface area contributed by atoms with Crippen molar-refractivity contribution in [1.29, 1.82) is 0 Å². The van der Waals surface area contributed by atoms with Crippen molar-refractivity contribution < 1.29 is 9.53 Å².